The van der Waals surface area contributed by atoms with Gasteiger partial charge in [-0.2, -0.15) is 4.98 Å². The van der Waals surface area contributed by atoms with Crippen LogP contribution in [0.3, 0.4) is 0 Å². The quantitative estimate of drug-likeness (QED) is 0.741. The van der Waals surface area contributed by atoms with Gasteiger partial charge in [0, 0.05) is 17.8 Å². The predicted molar refractivity (Wildman–Crippen MR) is 89.6 cm³/mol. The Balaban J connectivity index is 1.64. The van der Waals surface area contributed by atoms with Gasteiger partial charge in [0.2, 0.25) is 11.8 Å². The standard InChI is InChI=1S/C15H21N5O3S/c1-3-12-17-14(23-19-12)10-20(2)9-13(21)18-15(22)16-7-6-11-5-4-8-24-11/h4-5,8H,3,6-7,9-10H2,1-2H3,(H2,16,18,21,22). The first-order valence-corrected chi connectivity index (χ1v) is 8.55. The fourth-order valence-electron chi connectivity index (χ4n) is 1.99. The van der Waals surface area contributed by atoms with Gasteiger partial charge in [0.1, 0.15) is 0 Å². The summed E-state index contributed by atoms with van der Waals surface area (Å²) in [5.41, 5.74) is 0. The molecule has 0 spiro atoms. The molecular formula is C15H21N5O3S. The number of aromatic nitrogens is 2. The molecule has 2 N–H and O–H groups in total. The largest absolute Gasteiger partial charge is 0.338 e. The molecule has 2 heterocycles. The summed E-state index contributed by atoms with van der Waals surface area (Å²) in [4.78, 5) is 30.5. The van der Waals surface area contributed by atoms with E-state index in [-0.39, 0.29) is 12.5 Å². The summed E-state index contributed by atoms with van der Waals surface area (Å²) in [5.74, 6) is 0.692. The Hall–Kier alpha value is -2.26. The van der Waals surface area contributed by atoms with Crippen LogP contribution >= 0.6 is 11.3 Å². The van der Waals surface area contributed by atoms with Crippen LogP contribution in [0, 0.1) is 0 Å². The van der Waals surface area contributed by atoms with Gasteiger partial charge in [-0.05, 0) is 24.9 Å². The molecule has 8 nitrogen and oxygen atoms in total. The molecule has 2 aromatic heterocycles. The first-order chi connectivity index (χ1) is 11.6. The number of thiophene rings is 1. The number of nitrogens with one attached hydrogen (secondary N) is 2. The van der Waals surface area contributed by atoms with Gasteiger partial charge >= 0.3 is 6.03 Å². The van der Waals surface area contributed by atoms with Gasteiger partial charge in [-0.3, -0.25) is 15.0 Å². The monoisotopic (exact) mass is 351 g/mol. The van der Waals surface area contributed by atoms with E-state index in [1.165, 1.54) is 4.88 Å². The van der Waals surface area contributed by atoms with E-state index in [1.54, 1.807) is 23.3 Å². The number of hydrogen-bond acceptors (Lipinski definition) is 7. The number of urea groups is 1. The van der Waals surface area contributed by atoms with Gasteiger partial charge in [0.25, 0.3) is 0 Å². The fourth-order valence-corrected chi connectivity index (χ4v) is 2.70. The van der Waals surface area contributed by atoms with E-state index in [2.05, 4.69) is 20.8 Å². The Labute approximate surface area is 144 Å². The van der Waals surface area contributed by atoms with Crippen LogP contribution in [0.4, 0.5) is 4.79 Å². The van der Waals surface area contributed by atoms with Crippen LogP contribution in [-0.4, -0.2) is 47.1 Å². The van der Waals surface area contributed by atoms with Crippen molar-refractivity contribution in [1.82, 2.24) is 25.7 Å². The average Bonchev–Trinajstić information content (AvgIpc) is 3.18. The molecule has 0 aromatic carbocycles. The highest BCUT2D eigenvalue weighted by Crippen LogP contribution is 2.07. The summed E-state index contributed by atoms with van der Waals surface area (Å²) in [6.07, 6.45) is 1.44. The van der Waals surface area contributed by atoms with E-state index in [9.17, 15) is 9.59 Å². The molecule has 9 heteroatoms. The number of imide groups is 1. The van der Waals surface area contributed by atoms with Crippen LogP contribution in [0.2, 0.25) is 0 Å². The second kappa shape index (κ2) is 9.14. The molecule has 24 heavy (non-hydrogen) atoms. The molecular weight excluding hydrogens is 330 g/mol. The molecule has 0 radical (unpaired) electrons. The number of amides is 3. The topological polar surface area (TPSA) is 100 Å². The summed E-state index contributed by atoms with van der Waals surface area (Å²) in [6.45, 7) is 2.82. The normalized spacial score (nSPS) is 10.8. The molecule has 0 aliphatic heterocycles. The minimum atomic E-state index is -0.490. The second-order valence-electron chi connectivity index (χ2n) is 5.26. The van der Waals surface area contributed by atoms with Crippen LogP contribution in [0.25, 0.3) is 0 Å². The first-order valence-electron chi connectivity index (χ1n) is 7.67. The third kappa shape index (κ3) is 6.09. The maximum absolute atomic E-state index is 11.8. The van der Waals surface area contributed by atoms with Crippen molar-refractivity contribution in [2.45, 2.75) is 26.3 Å². The molecule has 0 fully saturated rings. The number of nitrogens with zero attached hydrogens (tertiary/aromatic N) is 3. The van der Waals surface area contributed by atoms with Gasteiger partial charge in [-0.15, -0.1) is 11.3 Å². The van der Waals surface area contributed by atoms with Gasteiger partial charge in [0.15, 0.2) is 5.82 Å². The molecule has 0 unspecified atom stereocenters. The highest BCUT2D eigenvalue weighted by molar-refractivity contribution is 7.09. The van der Waals surface area contributed by atoms with Gasteiger partial charge in [-0.25, -0.2) is 4.79 Å². The number of carbonyl (C=O) groups is 2. The third-order valence-electron chi connectivity index (χ3n) is 3.14. The van der Waals surface area contributed by atoms with Crippen molar-refractivity contribution in [1.29, 1.82) is 0 Å². The number of rotatable bonds is 8. The third-order valence-corrected chi connectivity index (χ3v) is 4.07. The molecule has 0 aliphatic carbocycles. The molecule has 0 aliphatic rings. The van der Waals surface area contributed by atoms with Crippen molar-refractivity contribution in [3.05, 3.63) is 34.1 Å². The molecule has 3 amide bonds. The molecule has 130 valence electrons. The van der Waals surface area contributed by atoms with Crippen molar-refractivity contribution >= 4 is 23.3 Å². The highest BCUT2D eigenvalue weighted by atomic mass is 32.1. The lowest BCUT2D eigenvalue weighted by Gasteiger charge is -2.13. The Morgan fingerprint density at radius 1 is 1.42 bits per heavy atom. The van der Waals surface area contributed by atoms with Crippen LogP contribution in [0.15, 0.2) is 22.0 Å². The van der Waals surface area contributed by atoms with Crippen molar-refractivity contribution in [2.75, 3.05) is 20.1 Å². The first kappa shape index (κ1) is 18.1. The summed E-state index contributed by atoms with van der Waals surface area (Å²) in [7, 11) is 1.74. The Morgan fingerprint density at radius 2 is 2.25 bits per heavy atom. The van der Waals surface area contributed by atoms with E-state index in [0.29, 0.717) is 31.2 Å². The highest BCUT2D eigenvalue weighted by Gasteiger charge is 2.13. The van der Waals surface area contributed by atoms with Crippen molar-refractivity contribution in [3.8, 4) is 0 Å². The van der Waals surface area contributed by atoms with E-state index in [1.807, 2.05) is 24.4 Å². The maximum Gasteiger partial charge on any atom is 0.321 e. The lowest BCUT2D eigenvalue weighted by atomic mass is 10.3. The lowest BCUT2D eigenvalue weighted by Crippen LogP contribution is -2.44. The summed E-state index contributed by atoms with van der Waals surface area (Å²) < 4.78 is 5.06. The second-order valence-corrected chi connectivity index (χ2v) is 6.30. The van der Waals surface area contributed by atoms with E-state index < -0.39 is 6.03 Å². The number of likely N-dealkylation sites (N-methyl/N-ethyl adjacent to an activating group) is 1. The Bertz CT molecular complexity index is 656. The SMILES string of the molecule is CCc1noc(CN(C)CC(=O)NC(=O)NCCc2cccs2)n1. The molecule has 0 bridgehead atoms. The Morgan fingerprint density at radius 3 is 2.92 bits per heavy atom. The predicted octanol–water partition coefficient (Wildman–Crippen LogP) is 1.19. The minimum absolute atomic E-state index is 0.0577. The van der Waals surface area contributed by atoms with Crippen molar-refractivity contribution < 1.29 is 14.1 Å². The van der Waals surface area contributed by atoms with E-state index in [0.717, 1.165) is 6.42 Å². The van der Waals surface area contributed by atoms with E-state index >= 15 is 0 Å². The van der Waals surface area contributed by atoms with Crippen molar-refractivity contribution in [3.63, 3.8) is 0 Å². The molecule has 0 saturated heterocycles. The lowest BCUT2D eigenvalue weighted by molar-refractivity contribution is -0.121. The van der Waals surface area contributed by atoms with Crippen molar-refractivity contribution in [2.24, 2.45) is 0 Å². The molecule has 2 aromatic rings. The molecule has 0 saturated carbocycles. The van der Waals surface area contributed by atoms with Gasteiger partial charge in [-0.1, -0.05) is 18.1 Å². The van der Waals surface area contributed by atoms with Crippen LogP contribution in [-0.2, 0) is 24.2 Å². The van der Waals surface area contributed by atoms with Gasteiger partial charge < -0.3 is 9.84 Å². The van der Waals surface area contributed by atoms with Crippen LogP contribution in [0.5, 0.6) is 0 Å². The number of carbonyl (C=O) groups excluding carboxylic acids is 2. The molecule has 0 atom stereocenters. The summed E-state index contributed by atoms with van der Waals surface area (Å²) >= 11 is 1.64. The molecule has 2 rings (SSSR count). The zero-order chi connectivity index (χ0) is 17.4. The minimum Gasteiger partial charge on any atom is -0.338 e. The summed E-state index contributed by atoms with van der Waals surface area (Å²) in [6, 6.07) is 3.48. The fraction of sp³-hybridized carbons (Fsp3) is 0.467. The summed E-state index contributed by atoms with van der Waals surface area (Å²) in [5, 5.41) is 10.7. The zero-order valence-corrected chi connectivity index (χ0v) is 14.6. The number of hydrogen-bond donors (Lipinski definition) is 2. The zero-order valence-electron chi connectivity index (χ0n) is 13.7. The Kier molecular flexibility index (Phi) is 6.89. The maximum atomic E-state index is 11.8. The average molecular weight is 351 g/mol. The smallest absolute Gasteiger partial charge is 0.321 e. The van der Waals surface area contributed by atoms with Crippen LogP contribution < -0.4 is 10.6 Å². The van der Waals surface area contributed by atoms with Gasteiger partial charge in [0.05, 0.1) is 13.1 Å². The number of aryl methyl sites for hydroxylation is 1. The van der Waals surface area contributed by atoms with Crippen LogP contribution in [0.1, 0.15) is 23.5 Å². The van der Waals surface area contributed by atoms with E-state index in [4.69, 9.17) is 4.52 Å².